The maximum absolute atomic E-state index is 13.0. The van der Waals surface area contributed by atoms with E-state index < -0.39 is 10.0 Å². The third kappa shape index (κ3) is 3.11. The number of fused-ring (bicyclic) bond motifs is 1. The molecule has 0 saturated carbocycles. The quantitative estimate of drug-likeness (QED) is 0.681. The molecular weight excluding hydrogens is 356 g/mol. The Kier molecular flexibility index (Phi) is 4.44. The smallest absolute Gasteiger partial charge is 0.243 e. The second-order valence-corrected chi connectivity index (χ2v) is 9.20. The lowest BCUT2D eigenvalue weighted by Crippen LogP contribution is -2.34. The SMILES string of the molecule is Cc1ccc(S(=O)(=O)N2CC=C(c3cn(C)c4ccccc34)CC2)cc1C. The van der Waals surface area contributed by atoms with Crippen LogP contribution in [0.2, 0.25) is 0 Å². The fraction of sp³-hybridized carbons (Fsp3) is 0.273. The number of rotatable bonds is 3. The highest BCUT2D eigenvalue weighted by Gasteiger charge is 2.27. The number of nitrogens with zero attached hydrogens (tertiary/aromatic N) is 2. The maximum atomic E-state index is 13.0. The fourth-order valence-corrected chi connectivity index (χ4v) is 5.20. The largest absolute Gasteiger partial charge is 0.350 e. The summed E-state index contributed by atoms with van der Waals surface area (Å²) in [5.74, 6) is 0. The summed E-state index contributed by atoms with van der Waals surface area (Å²) in [6.07, 6.45) is 4.92. The first-order valence-corrected chi connectivity index (χ1v) is 10.6. The molecule has 0 fully saturated rings. The minimum atomic E-state index is -3.46. The van der Waals surface area contributed by atoms with Crippen LogP contribution in [0, 0.1) is 13.8 Å². The molecule has 4 rings (SSSR count). The van der Waals surface area contributed by atoms with Crippen LogP contribution in [0.15, 0.2) is 59.6 Å². The molecule has 140 valence electrons. The second kappa shape index (κ2) is 6.66. The zero-order chi connectivity index (χ0) is 19.2. The fourth-order valence-electron chi connectivity index (χ4n) is 3.73. The summed E-state index contributed by atoms with van der Waals surface area (Å²) < 4.78 is 29.7. The van der Waals surface area contributed by atoms with Crippen LogP contribution in [-0.4, -0.2) is 30.4 Å². The molecule has 1 aromatic heterocycles. The molecule has 5 heteroatoms. The van der Waals surface area contributed by atoms with E-state index in [1.54, 1.807) is 16.4 Å². The van der Waals surface area contributed by atoms with Crippen molar-refractivity contribution in [1.29, 1.82) is 0 Å². The summed E-state index contributed by atoms with van der Waals surface area (Å²) in [5.41, 5.74) is 5.72. The predicted octanol–water partition coefficient (Wildman–Crippen LogP) is 4.27. The van der Waals surface area contributed by atoms with E-state index in [1.807, 2.05) is 39.1 Å². The van der Waals surface area contributed by atoms with Crippen LogP contribution in [0.4, 0.5) is 0 Å². The van der Waals surface area contributed by atoms with Gasteiger partial charge in [0, 0.05) is 42.8 Å². The number of hydrogen-bond donors (Lipinski definition) is 0. The Morgan fingerprint density at radius 3 is 2.48 bits per heavy atom. The number of benzene rings is 2. The molecule has 2 heterocycles. The normalized spacial score (nSPS) is 15.9. The Balaban J connectivity index is 1.63. The molecule has 2 aromatic carbocycles. The van der Waals surface area contributed by atoms with Crippen LogP contribution >= 0.6 is 0 Å². The van der Waals surface area contributed by atoms with E-state index in [2.05, 4.69) is 29.0 Å². The minimum absolute atomic E-state index is 0.382. The Morgan fingerprint density at radius 1 is 1.00 bits per heavy atom. The molecule has 4 nitrogen and oxygen atoms in total. The summed E-state index contributed by atoms with van der Waals surface area (Å²) >= 11 is 0. The third-order valence-corrected chi connectivity index (χ3v) is 7.39. The van der Waals surface area contributed by atoms with Crippen molar-refractivity contribution in [2.45, 2.75) is 25.2 Å². The van der Waals surface area contributed by atoms with Gasteiger partial charge in [0.15, 0.2) is 0 Å². The van der Waals surface area contributed by atoms with Gasteiger partial charge in [-0.15, -0.1) is 0 Å². The monoisotopic (exact) mass is 380 g/mol. The molecule has 0 radical (unpaired) electrons. The predicted molar refractivity (Wildman–Crippen MR) is 110 cm³/mol. The summed E-state index contributed by atoms with van der Waals surface area (Å²) in [7, 11) is -1.41. The van der Waals surface area contributed by atoms with E-state index >= 15 is 0 Å². The van der Waals surface area contributed by atoms with Crippen LogP contribution < -0.4 is 0 Å². The van der Waals surface area contributed by atoms with Crippen molar-refractivity contribution in [1.82, 2.24) is 8.87 Å². The molecule has 0 saturated heterocycles. The van der Waals surface area contributed by atoms with E-state index in [0.29, 0.717) is 18.0 Å². The van der Waals surface area contributed by atoms with Gasteiger partial charge in [0.1, 0.15) is 0 Å². The van der Waals surface area contributed by atoms with Gasteiger partial charge in [-0.05, 0) is 55.2 Å². The molecular formula is C22H24N2O2S. The van der Waals surface area contributed by atoms with Crippen molar-refractivity contribution in [2.24, 2.45) is 7.05 Å². The van der Waals surface area contributed by atoms with Crippen molar-refractivity contribution in [3.05, 3.63) is 71.4 Å². The average molecular weight is 381 g/mol. The lowest BCUT2D eigenvalue weighted by molar-refractivity contribution is 0.441. The van der Waals surface area contributed by atoms with Gasteiger partial charge in [-0.25, -0.2) is 8.42 Å². The van der Waals surface area contributed by atoms with Crippen molar-refractivity contribution in [2.75, 3.05) is 13.1 Å². The van der Waals surface area contributed by atoms with Gasteiger partial charge >= 0.3 is 0 Å². The van der Waals surface area contributed by atoms with E-state index in [9.17, 15) is 8.42 Å². The molecule has 0 aliphatic carbocycles. The standard InChI is InChI=1S/C22H24N2O2S/c1-16-8-9-19(14-17(16)2)27(25,26)24-12-10-18(11-13-24)21-15-23(3)22-7-5-4-6-20(21)22/h4-10,14-15H,11-13H2,1-3H3. The maximum Gasteiger partial charge on any atom is 0.243 e. The van der Waals surface area contributed by atoms with Gasteiger partial charge in [-0.1, -0.05) is 30.3 Å². The highest BCUT2D eigenvalue weighted by atomic mass is 32.2. The van der Waals surface area contributed by atoms with E-state index in [0.717, 1.165) is 17.5 Å². The van der Waals surface area contributed by atoms with E-state index in [-0.39, 0.29) is 0 Å². The summed E-state index contributed by atoms with van der Waals surface area (Å²) in [5, 5.41) is 1.22. The average Bonchev–Trinajstić information content (AvgIpc) is 3.01. The van der Waals surface area contributed by atoms with Crippen molar-refractivity contribution < 1.29 is 8.42 Å². The molecule has 3 aromatic rings. The molecule has 0 spiro atoms. The molecule has 0 unspecified atom stereocenters. The molecule has 0 amide bonds. The topological polar surface area (TPSA) is 42.3 Å². The first-order chi connectivity index (χ1) is 12.9. The third-order valence-electron chi connectivity index (χ3n) is 5.53. The van der Waals surface area contributed by atoms with Crippen molar-refractivity contribution in [3.8, 4) is 0 Å². The molecule has 0 bridgehead atoms. The lowest BCUT2D eigenvalue weighted by Gasteiger charge is -2.26. The first-order valence-electron chi connectivity index (χ1n) is 9.19. The zero-order valence-electron chi connectivity index (χ0n) is 15.9. The van der Waals surface area contributed by atoms with Gasteiger partial charge in [0.05, 0.1) is 4.90 Å². The molecule has 0 N–H and O–H groups in total. The minimum Gasteiger partial charge on any atom is -0.350 e. The highest BCUT2D eigenvalue weighted by molar-refractivity contribution is 7.89. The first kappa shape index (κ1) is 18.0. The summed E-state index contributed by atoms with van der Waals surface area (Å²) in [4.78, 5) is 0.382. The summed E-state index contributed by atoms with van der Waals surface area (Å²) in [6, 6.07) is 13.7. The highest BCUT2D eigenvalue weighted by Crippen LogP contribution is 2.32. The number of para-hydroxylation sites is 1. The van der Waals surface area contributed by atoms with Crippen LogP contribution in [0.3, 0.4) is 0 Å². The molecule has 1 aliphatic rings. The Hall–Kier alpha value is -2.37. The van der Waals surface area contributed by atoms with Crippen molar-refractivity contribution >= 4 is 26.5 Å². The van der Waals surface area contributed by atoms with Gasteiger partial charge in [0.2, 0.25) is 10.0 Å². The van der Waals surface area contributed by atoms with E-state index in [1.165, 1.54) is 22.0 Å². The van der Waals surface area contributed by atoms with Crippen molar-refractivity contribution in [3.63, 3.8) is 0 Å². The van der Waals surface area contributed by atoms with Crippen LogP contribution in [0.1, 0.15) is 23.1 Å². The molecule has 27 heavy (non-hydrogen) atoms. The number of sulfonamides is 1. The number of aryl methyl sites for hydroxylation is 3. The second-order valence-electron chi connectivity index (χ2n) is 7.26. The molecule has 0 atom stereocenters. The zero-order valence-corrected chi connectivity index (χ0v) is 16.8. The van der Waals surface area contributed by atoms with Gasteiger partial charge in [-0.3, -0.25) is 0 Å². The summed E-state index contributed by atoms with van der Waals surface area (Å²) in [6.45, 7) is 4.85. The van der Waals surface area contributed by atoms with Gasteiger partial charge in [-0.2, -0.15) is 4.31 Å². The number of aromatic nitrogens is 1. The van der Waals surface area contributed by atoms with Crippen LogP contribution in [0.5, 0.6) is 0 Å². The number of hydrogen-bond acceptors (Lipinski definition) is 2. The lowest BCUT2D eigenvalue weighted by atomic mass is 10.00. The van der Waals surface area contributed by atoms with E-state index in [4.69, 9.17) is 0 Å². The Bertz CT molecular complexity index is 1160. The Morgan fingerprint density at radius 2 is 1.78 bits per heavy atom. The van der Waals surface area contributed by atoms with Crippen LogP contribution in [0.25, 0.3) is 16.5 Å². The van der Waals surface area contributed by atoms with Crippen LogP contribution in [-0.2, 0) is 17.1 Å². The van der Waals surface area contributed by atoms with Gasteiger partial charge in [0.25, 0.3) is 0 Å². The molecule has 1 aliphatic heterocycles. The van der Waals surface area contributed by atoms with Gasteiger partial charge < -0.3 is 4.57 Å². The Labute approximate surface area is 160 Å².